The van der Waals surface area contributed by atoms with Crippen LogP contribution in [0.2, 0.25) is 0 Å². The van der Waals surface area contributed by atoms with E-state index in [0.29, 0.717) is 11.4 Å². The second kappa shape index (κ2) is 6.31. The first-order valence-corrected chi connectivity index (χ1v) is 6.79. The molecule has 2 aromatic rings. The van der Waals surface area contributed by atoms with Crippen LogP contribution in [0.5, 0.6) is 5.75 Å². The molecule has 124 valence electrons. The summed E-state index contributed by atoms with van der Waals surface area (Å²) < 4.78 is 48.5. The number of oxazole rings is 1. The van der Waals surface area contributed by atoms with Gasteiger partial charge in [-0.25, -0.2) is 4.98 Å². The van der Waals surface area contributed by atoms with E-state index in [4.69, 9.17) is 4.74 Å². The van der Waals surface area contributed by atoms with Gasteiger partial charge in [-0.05, 0) is 26.0 Å². The van der Waals surface area contributed by atoms with E-state index in [0.717, 1.165) is 0 Å². The highest BCUT2D eigenvalue weighted by Crippen LogP contribution is 2.33. The molecule has 5 nitrogen and oxygen atoms in total. The molecule has 0 aliphatic rings. The maximum absolute atomic E-state index is 12.8. The van der Waals surface area contributed by atoms with Crippen LogP contribution in [0.25, 0.3) is 0 Å². The van der Waals surface area contributed by atoms with Crippen LogP contribution in [0.4, 0.5) is 18.9 Å². The molecule has 0 radical (unpaired) electrons. The number of hydrogen-bond donors (Lipinski definition) is 1. The molecule has 1 N–H and O–H groups in total. The van der Waals surface area contributed by atoms with Crippen molar-refractivity contribution < 1.29 is 27.1 Å². The third-order valence-electron chi connectivity index (χ3n) is 2.67. The number of carbonyl (C=O) groups is 1. The van der Waals surface area contributed by atoms with Crippen molar-refractivity contribution in [2.24, 2.45) is 0 Å². The van der Waals surface area contributed by atoms with Gasteiger partial charge in [0.05, 0.1) is 6.10 Å². The van der Waals surface area contributed by atoms with Crippen molar-refractivity contribution in [2.75, 3.05) is 5.32 Å². The molecule has 0 bridgehead atoms. The summed E-state index contributed by atoms with van der Waals surface area (Å²) in [6.45, 7) is 4.90. The SMILES string of the molecule is Cc1nc(C(=O)Nc2cccc(OC(C)C)c2)c(C(F)(F)F)o1. The van der Waals surface area contributed by atoms with Gasteiger partial charge in [-0.2, -0.15) is 13.2 Å². The molecule has 1 amide bonds. The molecule has 0 aliphatic heterocycles. The fourth-order valence-electron chi connectivity index (χ4n) is 1.88. The lowest BCUT2D eigenvalue weighted by Crippen LogP contribution is -2.18. The first-order valence-electron chi connectivity index (χ1n) is 6.79. The largest absolute Gasteiger partial charge is 0.491 e. The normalized spacial score (nSPS) is 11.6. The van der Waals surface area contributed by atoms with Crippen LogP contribution in [0, 0.1) is 6.92 Å². The van der Waals surface area contributed by atoms with Crippen molar-refractivity contribution in [1.82, 2.24) is 4.98 Å². The van der Waals surface area contributed by atoms with Gasteiger partial charge in [0.1, 0.15) is 5.75 Å². The van der Waals surface area contributed by atoms with Crippen molar-refractivity contribution in [1.29, 1.82) is 0 Å². The average molecular weight is 328 g/mol. The minimum Gasteiger partial charge on any atom is -0.491 e. The summed E-state index contributed by atoms with van der Waals surface area (Å²) in [7, 11) is 0. The molecule has 0 saturated carbocycles. The maximum atomic E-state index is 12.8. The summed E-state index contributed by atoms with van der Waals surface area (Å²) in [5.74, 6) is -2.16. The number of hydrogen-bond acceptors (Lipinski definition) is 4. The Morgan fingerprint density at radius 2 is 2.04 bits per heavy atom. The number of halogens is 3. The fourth-order valence-corrected chi connectivity index (χ4v) is 1.88. The summed E-state index contributed by atoms with van der Waals surface area (Å²) in [4.78, 5) is 15.6. The lowest BCUT2D eigenvalue weighted by Gasteiger charge is -2.11. The number of carbonyl (C=O) groups excluding carboxylic acids is 1. The predicted molar refractivity (Wildman–Crippen MR) is 76.4 cm³/mol. The molecule has 0 saturated heterocycles. The number of ether oxygens (including phenoxy) is 1. The third kappa shape index (κ3) is 4.24. The second-order valence-corrected chi connectivity index (χ2v) is 5.06. The summed E-state index contributed by atoms with van der Waals surface area (Å²) >= 11 is 0. The van der Waals surface area contributed by atoms with Gasteiger partial charge in [0.15, 0.2) is 11.6 Å². The molecule has 0 fully saturated rings. The van der Waals surface area contributed by atoms with E-state index < -0.39 is 23.5 Å². The van der Waals surface area contributed by atoms with Gasteiger partial charge in [-0.3, -0.25) is 4.79 Å². The van der Waals surface area contributed by atoms with Gasteiger partial charge in [0, 0.05) is 18.7 Å². The van der Waals surface area contributed by atoms with Crippen molar-refractivity contribution in [2.45, 2.75) is 33.1 Å². The highest BCUT2D eigenvalue weighted by molar-refractivity contribution is 6.03. The number of aryl methyl sites for hydroxylation is 1. The zero-order valence-corrected chi connectivity index (χ0v) is 12.7. The minimum absolute atomic E-state index is 0.0732. The van der Waals surface area contributed by atoms with Gasteiger partial charge in [-0.1, -0.05) is 6.07 Å². The molecule has 0 atom stereocenters. The number of rotatable bonds is 4. The highest BCUT2D eigenvalue weighted by atomic mass is 19.4. The van der Waals surface area contributed by atoms with E-state index in [1.54, 1.807) is 12.1 Å². The summed E-state index contributed by atoms with van der Waals surface area (Å²) in [6, 6.07) is 6.34. The number of nitrogens with zero attached hydrogens (tertiary/aromatic N) is 1. The van der Waals surface area contributed by atoms with E-state index >= 15 is 0 Å². The van der Waals surface area contributed by atoms with Crippen LogP contribution in [0.3, 0.4) is 0 Å². The molecule has 0 spiro atoms. The zero-order chi connectivity index (χ0) is 17.2. The molecule has 1 aromatic carbocycles. The van der Waals surface area contributed by atoms with Gasteiger partial charge in [-0.15, -0.1) is 0 Å². The Balaban J connectivity index is 2.23. The van der Waals surface area contributed by atoms with Gasteiger partial charge < -0.3 is 14.5 Å². The highest BCUT2D eigenvalue weighted by Gasteiger charge is 2.41. The van der Waals surface area contributed by atoms with Gasteiger partial charge in [0.2, 0.25) is 5.76 Å². The molecule has 0 aliphatic carbocycles. The van der Waals surface area contributed by atoms with E-state index in [2.05, 4.69) is 14.7 Å². The molecule has 0 unspecified atom stereocenters. The van der Waals surface area contributed by atoms with Crippen LogP contribution in [0.15, 0.2) is 28.7 Å². The van der Waals surface area contributed by atoms with Gasteiger partial charge >= 0.3 is 6.18 Å². The Bertz CT molecular complexity index is 708. The number of nitrogens with one attached hydrogen (secondary N) is 1. The van der Waals surface area contributed by atoms with Crippen LogP contribution < -0.4 is 10.1 Å². The smallest absolute Gasteiger partial charge is 0.452 e. The van der Waals surface area contributed by atoms with E-state index in [1.165, 1.54) is 19.1 Å². The van der Waals surface area contributed by atoms with Crippen LogP contribution >= 0.6 is 0 Å². The van der Waals surface area contributed by atoms with Gasteiger partial charge in [0.25, 0.3) is 5.91 Å². The Labute approximate surface area is 130 Å². The van der Waals surface area contributed by atoms with E-state index in [9.17, 15) is 18.0 Å². The lowest BCUT2D eigenvalue weighted by molar-refractivity contribution is -0.153. The summed E-state index contributed by atoms with van der Waals surface area (Å²) in [5, 5.41) is 2.36. The van der Waals surface area contributed by atoms with Crippen molar-refractivity contribution >= 4 is 11.6 Å². The monoisotopic (exact) mass is 328 g/mol. The van der Waals surface area contributed by atoms with Crippen LogP contribution in [-0.4, -0.2) is 17.0 Å². The molecular formula is C15H15F3N2O3. The average Bonchev–Trinajstić information content (AvgIpc) is 2.80. The molecule has 2 rings (SSSR count). The van der Waals surface area contributed by atoms with Crippen molar-refractivity contribution in [3.05, 3.63) is 41.6 Å². The molecule has 1 heterocycles. The molecular weight excluding hydrogens is 313 g/mol. The van der Waals surface area contributed by atoms with Crippen LogP contribution in [0.1, 0.15) is 36.0 Å². The number of alkyl halides is 3. The number of anilines is 1. The number of amides is 1. The predicted octanol–water partition coefficient (Wildman–Crippen LogP) is 4.04. The fraction of sp³-hybridized carbons (Fsp3) is 0.333. The van der Waals surface area contributed by atoms with Crippen molar-refractivity contribution in [3.63, 3.8) is 0 Å². The van der Waals surface area contributed by atoms with E-state index in [1.807, 2.05) is 13.8 Å². The first kappa shape index (κ1) is 16.9. The first-order chi connectivity index (χ1) is 10.7. The van der Waals surface area contributed by atoms with E-state index in [-0.39, 0.29) is 12.0 Å². The standard InChI is InChI=1S/C15H15F3N2O3/c1-8(2)22-11-6-4-5-10(7-11)20-14(21)12-13(15(16,17)18)23-9(3)19-12/h4-8H,1-3H3,(H,20,21). The number of aromatic nitrogens is 1. The lowest BCUT2D eigenvalue weighted by atomic mass is 10.2. The Morgan fingerprint density at radius 1 is 1.35 bits per heavy atom. The maximum Gasteiger partial charge on any atom is 0.452 e. The second-order valence-electron chi connectivity index (χ2n) is 5.06. The molecule has 1 aromatic heterocycles. The summed E-state index contributed by atoms with van der Waals surface area (Å²) in [5.41, 5.74) is -0.507. The minimum atomic E-state index is -4.80. The third-order valence-corrected chi connectivity index (χ3v) is 2.67. The Kier molecular flexibility index (Phi) is 4.63. The molecule has 8 heteroatoms. The number of benzene rings is 1. The van der Waals surface area contributed by atoms with Crippen LogP contribution in [-0.2, 0) is 6.18 Å². The topological polar surface area (TPSA) is 64.4 Å². The molecule has 23 heavy (non-hydrogen) atoms. The quantitative estimate of drug-likeness (QED) is 0.920. The summed E-state index contributed by atoms with van der Waals surface area (Å²) in [6.07, 6.45) is -4.87. The van der Waals surface area contributed by atoms with Crippen molar-refractivity contribution in [3.8, 4) is 5.75 Å². The zero-order valence-electron chi connectivity index (χ0n) is 12.7. The Morgan fingerprint density at radius 3 is 2.65 bits per heavy atom. The Hall–Kier alpha value is -2.51.